The van der Waals surface area contributed by atoms with E-state index in [-0.39, 0.29) is 29.6 Å². The standard InChI is InChI=1S/C17H26N2O2/c1-12(17(2,3)13-7-5-4-6-8-13)19-16(20)15-10-9-14(11-18)21-15/h4-8,12,14-15H,9-11,18H2,1-3H3,(H,19,20)/t12?,14-,15+/m1/s1. The second kappa shape index (κ2) is 6.58. The van der Waals surface area contributed by atoms with Crippen molar-refractivity contribution in [2.24, 2.45) is 5.73 Å². The number of benzene rings is 1. The molecule has 3 atom stereocenters. The van der Waals surface area contributed by atoms with Gasteiger partial charge in [-0.1, -0.05) is 44.2 Å². The summed E-state index contributed by atoms with van der Waals surface area (Å²) in [5, 5.41) is 3.10. The number of rotatable bonds is 5. The van der Waals surface area contributed by atoms with Crippen LogP contribution in [0.2, 0.25) is 0 Å². The van der Waals surface area contributed by atoms with Gasteiger partial charge in [-0.25, -0.2) is 0 Å². The molecule has 4 nitrogen and oxygen atoms in total. The van der Waals surface area contributed by atoms with Gasteiger partial charge in [0, 0.05) is 18.0 Å². The second-order valence-electron chi connectivity index (χ2n) is 6.38. The number of hydrogen-bond acceptors (Lipinski definition) is 3. The molecule has 3 N–H and O–H groups in total. The smallest absolute Gasteiger partial charge is 0.249 e. The lowest BCUT2D eigenvalue weighted by Gasteiger charge is -2.33. The Bertz CT molecular complexity index is 473. The highest BCUT2D eigenvalue weighted by molar-refractivity contribution is 5.81. The Morgan fingerprint density at radius 1 is 1.38 bits per heavy atom. The Balaban J connectivity index is 1.97. The van der Waals surface area contributed by atoms with E-state index in [4.69, 9.17) is 10.5 Å². The Morgan fingerprint density at radius 3 is 2.62 bits per heavy atom. The van der Waals surface area contributed by atoms with E-state index in [1.165, 1.54) is 5.56 Å². The fourth-order valence-corrected chi connectivity index (χ4v) is 2.68. The predicted octanol–water partition coefficient (Wildman–Crippen LogP) is 1.98. The van der Waals surface area contributed by atoms with Crippen LogP contribution < -0.4 is 11.1 Å². The molecule has 1 aliphatic heterocycles. The average Bonchev–Trinajstić information content (AvgIpc) is 2.97. The zero-order valence-electron chi connectivity index (χ0n) is 13.1. The first-order valence-electron chi connectivity index (χ1n) is 7.66. The molecule has 1 saturated heterocycles. The molecule has 0 bridgehead atoms. The SMILES string of the molecule is CC(NC(=O)[C@@H]1CC[C@H](CN)O1)C(C)(C)c1ccccc1. The maximum Gasteiger partial charge on any atom is 0.249 e. The molecule has 0 aliphatic carbocycles. The van der Waals surface area contributed by atoms with E-state index in [0.29, 0.717) is 6.54 Å². The molecule has 1 aliphatic rings. The lowest BCUT2D eigenvalue weighted by atomic mass is 9.78. The van der Waals surface area contributed by atoms with Crippen LogP contribution in [-0.4, -0.2) is 30.7 Å². The average molecular weight is 290 g/mol. The Kier molecular flexibility index (Phi) is 5.01. The summed E-state index contributed by atoms with van der Waals surface area (Å²) in [6.07, 6.45) is 1.29. The fraction of sp³-hybridized carbons (Fsp3) is 0.588. The van der Waals surface area contributed by atoms with Crippen molar-refractivity contribution in [1.82, 2.24) is 5.32 Å². The Hall–Kier alpha value is -1.39. The predicted molar refractivity (Wildman–Crippen MR) is 84.0 cm³/mol. The van der Waals surface area contributed by atoms with E-state index >= 15 is 0 Å². The highest BCUT2D eigenvalue weighted by Gasteiger charge is 2.34. The van der Waals surface area contributed by atoms with Crippen LogP contribution in [0.15, 0.2) is 30.3 Å². The second-order valence-corrected chi connectivity index (χ2v) is 6.38. The molecule has 1 aromatic carbocycles. The molecular formula is C17H26N2O2. The first-order valence-corrected chi connectivity index (χ1v) is 7.66. The minimum Gasteiger partial charge on any atom is -0.364 e. The maximum absolute atomic E-state index is 12.3. The summed E-state index contributed by atoms with van der Waals surface area (Å²) in [6, 6.07) is 10.3. The molecule has 21 heavy (non-hydrogen) atoms. The fourth-order valence-electron chi connectivity index (χ4n) is 2.68. The molecule has 1 heterocycles. The first kappa shape index (κ1) is 16.0. The molecule has 1 aromatic rings. The molecule has 1 fully saturated rings. The van der Waals surface area contributed by atoms with Gasteiger partial charge in [0.25, 0.3) is 0 Å². The van der Waals surface area contributed by atoms with Crippen molar-refractivity contribution in [3.63, 3.8) is 0 Å². The van der Waals surface area contributed by atoms with Crippen molar-refractivity contribution in [2.45, 2.75) is 57.3 Å². The third-order valence-electron chi connectivity index (χ3n) is 4.62. The van der Waals surface area contributed by atoms with E-state index in [2.05, 4.69) is 31.3 Å². The van der Waals surface area contributed by atoms with Crippen LogP contribution in [0.25, 0.3) is 0 Å². The molecular weight excluding hydrogens is 264 g/mol. The molecule has 0 aromatic heterocycles. The van der Waals surface area contributed by atoms with Gasteiger partial charge >= 0.3 is 0 Å². The largest absolute Gasteiger partial charge is 0.364 e. The van der Waals surface area contributed by atoms with Gasteiger partial charge in [-0.05, 0) is 25.3 Å². The van der Waals surface area contributed by atoms with Gasteiger partial charge in [0.1, 0.15) is 6.10 Å². The van der Waals surface area contributed by atoms with Gasteiger partial charge in [-0.3, -0.25) is 4.79 Å². The van der Waals surface area contributed by atoms with Crippen LogP contribution in [-0.2, 0) is 14.9 Å². The number of ether oxygens (including phenoxy) is 1. The van der Waals surface area contributed by atoms with Gasteiger partial charge in [-0.15, -0.1) is 0 Å². The van der Waals surface area contributed by atoms with Crippen molar-refractivity contribution >= 4 is 5.91 Å². The summed E-state index contributed by atoms with van der Waals surface area (Å²) < 4.78 is 5.65. The van der Waals surface area contributed by atoms with Gasteiger partial charge in [0.05, 0.1) is 6.10 Å². The minimum absolute atomic E-state index is 0.0212. The topological polar surface area (TPSA) is 64.4 Å². The normalized spacial score (nSPS) is 23.8. The molecule has 1 unspecified atom stereocenters. The molecule has 0 saturated carbocycles. The van der Waals surface area contributed by atoms with Crippen molar-refractivity contribution in [3.05, 3.63) is 35.9 Å². The van der Waals surface area contributed by atoms with Crippen LogP contribution in [0, 0.1) is 0 Å². The Labute approximate surface area is 127 Å². The van der Waals surface area contributed by atoms with E-state index < -0.39 is 0 Å². The molecule has 2 rings (SSSR count). The van der Waals surface area contributed by atoms with E-state index in [1.54, 1.807) is 0 Å². The van der Waals surface area contributed by atoms with Crippen molar-refractivity contribution in [2.75, 3.05) is 6.54 Å². The lowest BCUT2D eigenvalue weighted by Crippen LogP contribution is -2.48. The highest BCUT2D eigenvalue weighted by Crippen LogP contribution is 2.27. The number of amides is 1. The van der Waals surface area contributed by atoms with Crippen molar-refractivity contribution < 1.29 is 9.53 Å². The van der Waals surface area contributed by atoms with E-state index in [0.717, 1.165) is 12.8 Å². The third-order valence-corrected chi connectivity index (χ3v) is 4.62. The van der Waals surface area contributed by atoms with E-state index in [9.17, 15) is 4.79 Å². The zero-order valence-corrected chi connectivity index (χ0v) is 13.1. The summed E-state index contributed by atoms with van der Waals surface area (Å²) in [5.74, 6) is -0.0255. The number of nitrogens with two attached hydrogens (primary N) is 1. The van der Waals surface area contributed by atoms with Crippen LogP contribution >= 0.6 is 0 Å². The Morgan fingerprint density at radius 2 is 2.05 bits per heavy atom. The number of nitrogens with one attached hydrogen (secondary N) is 1. The molecule has 0 spiro atoms. The minimum atomic E-state index is -0.354. The van der Waals surface area contributed by atoms with Crippen molar-refractivity contribution in [1.29, 1.82) is 0 Å². The van der Waals surface area contributed by atoms with Gasteiger partial charge in [-0.2, -0.15) is 0 Å². The van der Waals surface area contributed by atoms with Gasteiger partial charge < -0.3 is 15.8 Å². The van der Waals surface area contributed by atoms with E-state index in [1.807, 2.05) is 25.1 Å². The van der Waals surface area contributed by atoms with Gasteiger partial charge in [0.15, 0.2) is 0 Å². The summed E-state index contributed by atoms with van der Waals surface area (Å²) in [4.78, 5) is 12.3. The zero-order chi connectivity index (χ0) is 15.5. The summed E-state index contributed by atoms with van der Waals surface area (Å²) in [5.41, 5.74) is 6.66. The van der Waals surface area contributed by atoms with Crippen molar-refractivity contribution in [3.8, 4) is 0 Å². The highest BCUT2D eigenvalue weighted by atomic mass is 16.5. The van der Waals surface area contributed by atoms with Gasteiger partial charge in [0.2, 0.25) is 5.91 Å². The first-order chi connectivity index (χ1) is 9.95. The number of hydrogen-bond donors (Lipinski definition) is 2. The monoisotopic (exact) mass is 290 g/mol. The summed E-state index contributed by atoms with van der Waals surface area (Å²) in [6.45, 7) is 6.81. The summed E-state index contributed by atoms with van der Waals surface area (Å²) in [7, 11) is 0. The lowest BCUT2D eigenvalue weighted by molar-refractivity contribution is -0.132. The molecule has 4 heteroatoms. The summed E-state index contributed by atoms with van der Waals surface area (Å²) >= 11 is 0. The molecule has 116 valence electrons. The third kappa shape index (κ3) is 3.63. The van der Waals surface area contributed by atoms with Crippen LogP contribution in [0.1, 0.15) is 39.2 Å². The van der Waals surface area contributed by atoms with Crippen LogP contribution in [0.4, 0.5) is 0 Å². The maximum atomic E-state index is 12.3. The number of carbonyl (C=O) groups excluding carboxylic acids is 1. The molecule has 1 amide bonds. The molecule has 0 radical (unpaired) electrons. The quantitative estimate of drug-likeness (QED) is 0.871. The van der Waals surface area contributed by atoms with Crippen LogP contribution in [0.5, 0.6) is 0 Å². The van der Waals surface area contributed by atoms with Crippen LogP contribution in [0.3, 0.4) is 0 Å². The number of carbonyl (C=O) groups is 1.